The lowest BCUT2D eigenvalue weighted by Crippen LogP contribution is -2.45. The number of aliphatic hydroxyl groups is 1. The van der Waals surface area contributed by atoms with Gasteiger partial charge in [0.15, 0.2) is 5.69 Å². The summed E-state index contributed by atoms with van der Waals surface area (Å²) in [6.45, 7) is 0.577. The Balaban J connectivity index is 1.61. The van der Waals surface area contributed by atoms with Crippen LogP contribution in [0.2, 0.25) is 0 Å². The molecule has 3 rings (SSSR count). The Morgan fingerprint density at radius 2 is 2.05 bits per heavy atom. The van der Waals surface area contributed by atoms with Crippen LogP contribution in [-0.4, -0.2) is 38.2 Å². The zero-order valence-corrected chi connectivity index (χ0v) is 12.4. The molecule has 1 saturated carbocycles. The first-order valence-corrected chi connectivity index (χ1v) is 7.65. The van der Waals surface area contributed by atoms with Gasteiger partial charge in [0.2, 0.25) is 0 Å². The van der Waals surface area contributed by atoms with E-state index in [1.54, 1.807) is 10.9 Å². The zero-order valence-electron chi connectivity index (χ0n) is 12.4. The average molecular weight is 300 g/mol. The summed E-state index contributed by atoms with van der Waals surface area (Å²) in [5.41, 5.74) is 1.38. The SMILES string of the molecule is O=C(NC1CCCCC1O)c1cn(Cc2ccccc2)nn1. The van der Waals surface area contributed by atoms with Crippen LogP contribution in [0.25, 0.3) is 0 Å². The van der Waals surface area contributed by atoms with E-state index in [1.807, 2.05) is 30.3 Å². The van der Waals surface area contributed by atoms with Gasteiger partial charge in [-0.15, -0.1) is 5.10 Å². The maximum Gasteiger partial charge on any atom is 0.273 e. The Labute approximate surface area is 129 Å². The molecule has 6 heteroatoms. The van der Waals surface area contributed by atoms with Crippen LogP contribution in [0.5, 0.6) is 0 Å². The van der Waals surface area contributed by atoms with Gasteiger partial charge in [-0.2, -0.15) is 0 Å². The highest BCUT2D eigenvalue weighted by molar-refractivity contribution is 5.92. The molecule has 0 saturated heterocycles. The molecule has 1 amide bonds. The first-order valence-electron chi connectivity index (χ1n) is 7.65. The fourth-order valence-electron chi connectivity index (χ4n) is 2.77. The number of nitrogens with one attached hydrogen (secondary N) is 1. The first-order chi connectivity index (χ1) is 10.7. The van der Waals surface area contributed by atoms with Gasteiger partial charge in [0.05, 0.1) is 24.9 Å². The van der Waals surface area contributed by atoms with Crippen molar-refractivity contribution in [1.82, 2.24) is 20.3 Å². The van der Waals surface area contributed by atoms with E-state index < -0.39 is 6.10 Å². The number of benzene rings is 1. The number of aromatic nitrogens is 3. The second kappa shape index (κ2) is 6.70. The second-order valence-electron chi connectivity index (χ2n) is 5.72. The Morgan fingerprint density at radius 1 is 1.27 bits per heavy atom. The maximum absolute atomic E-state index is 12.2. The Kier molecular flexibility index (Phi) is 4.48. The monoisotopic (exact) mass is 300 g/mol. The Hall–Kier alpha value is -2.21. The largest absolute Gasteiger partial charge is 0.391 e. The molecular formula is C16H20N4O2. The topological polar surface area (TPSA) is 80.0 Å². The molecule has 1 aromatic carbocycles. The predicted molar refractivity (Wildman–Crippen MR) is 81.3 cm³/mol. The molecule has 6 nitrogen and oxygen atoms in total. The van der Waals surface area contributed by atoms with Crippen molar-refractivity contribution < 1.29 is 9.90 Å². The zero-order chi connectivity index (χ0) is 15.4. The van der Waals surface area contributed by atoms with Crippen LogP contribution in [0.15, 0.2) is 36.5 Å². The number of carbonyl (C=O) groups is 1. The summed E-state index contributed by atoms with van der Waals surface area (Å²) in [5.74, 6) is -0.273. The molecule has 0 bridgehead atoms. The molecule has 0 spiro atoms. The summed E-state index contributed by atoms with van der Waals surface area (Å²) in [5, 5.41) is 20.7. The van der Waals surface area contributed by atoms with E-state index in [0.29, 0.717) is 6.54 Å². The van der Waals surface area contributed by atoms with Gasteiger partial charge < -0.3 is 10.4 Å². The van der Waals surface area contributed by atoms with Crippen LogP contribution in [0.4, 0.5) is 0 Å². The van der Waals surface area contributed by atoms with Crippen LogP contribution in [0, 0.1) is 0 Å². The highest BCUT2D eigenvalue weighted by Crippen LogP contribution is 2.18. The van der Waals surface area contributed by atoms with E-state index in [2.05, 4.69) is 15.6 Å². The minimum atomic E-state index is -0.461. The van der Waals surface area contributed by atoms with E-state index in [-0.39, 0.29) is 17.6 Å². The van der Waals surface area contributed by atoms with Gasteiger partial charge in [-0.1, -0.05) is 48.4 Å². The standard InChI is InChI=1S/C16H20N4O2/c21-15-9-5-4-8-13(15)17-16(22)14-11-20(19-18-14)10-12-6-2-1-3-7-12/h1-3,6-7,11,13,15,21H,4-5,8-10H2,(H,17,22). The van der Waals surface area contributed by atoms with Crippen molar-refractivity contribution in [1.29, 1.82) is 0 Å². The van der Waals surface area contributed by atoms with Gasteiger partial charge in [-0.3, -0.25) is 4.79 Å². The van der Waals surface area contributed by atoms with Crippen molar-refractivity contribution in [3.8, 4) is 0 Å². The van der Waals surface area contributed by atoms with Crippen molar-refractivity contribution >= 4 is 5.91 Å². The van der Waals surface area contributed by atoms with Crippen molar-refractivity contribution in [2.24, 2.45) is 0 Å². The van der Waals surface area contributed by atoms with Gasteiger partial charge >= 0.3 is 0 Å². The molecule has 1 heterocycles. The summed E-state index contributed by atoms with van der Waals surface area (Å²) < 4.78 is 1.64. The Morgan fingerprint density at radius 3 is 2.82 bits per heavy atom. The molecule has 0 aliphatic heterocycles. The minimum Gasteiger partial charge on any atom is -0.391 e. The van der Waals surface area contributed by atoms with E-state index in [0.717, 1.165) is 31.2 Å². The van der Waals surface area contributed by atoms with E-state index in [4.69, 9.17) is 0 Å². The third-order valence-electron chi connectivity index (χ3n) is 4.00. The summed E-state index contributed by atoms with van der Waals surface area (Å²) >= 11 is 0. The number of nitrogens with zero attached hydrogens (tertiary/aromatic N) is 3. The molecule has 1 aliphatic carbocycles. The molecule has 2 N–H and O–H groups in total. The van der Waals surface area contributed by atoms with Crippen LogP contribution >= 0.6 is 0 Å². The normalized spacial score (nSPS) is 21.5. The molecule has 2 atom stereocenters. The van der Waals surface area contributed by atoms with Crippen LogP contribution in [0.1, 0.15) is 41.7 Å². The van der Waals surface area contributed by atoms with Gasteiger partial charge in [0.1, 0.15) is 0 Å². The van der Waals surface area contributed by atoms with E-state index in [1.165, 1.54) is 0 Å². The number of aliphatic hydroxyl groups excluding tert-OH is 1. The molecule has 116 valence electrons. The number of hydrogen-bond donors (Lipinski definition) is 2. The minimum absolute atomic E-state index is 0.180. The molecule has 1 aromatic heterocycles. The van der Waals surface area contributed by atoms with Crippen molar-refractivity contribution in [3.05, 3.63) is 47.8 Å². The first kappa shape index (κ1) is 14.7. The van der Waals surface area contributed by atoms with Crippen molar-refractivity contribution in [2.45, 2.75) is 44.4 Å². The Bertz CT molecular complexity index is 626. The average Bonchev–Trinajstić information content (AvgIpc) is 2.99. The predicted octanol–water partition coefficient (Wildman–Crippen LogP) is 1.36. The quantitative estimate of drug-likeness (QED) is 0.893. The summed E-state index contributed by atoms with van der Waals surface area (Å²) in [6.07, 6.45) is 4.77. The number of amides is 1. The molecule has 2 unspecified atom stereocenters. The lowest BCUT2D eigenvalue weighted by Gasteiger charge is -2.27. The number of hydrogen-bond acceptors (Lipinski definition) is 4. The summed E-state index contributed by atoms with van der Waals surface area (Å²) in [7, 11) is 0. The fraction of sp³-hybridized carbons (Fsp3) is 0.438. The third-order valence-corrected chi connectivity index (χ3v) is 4.00. The highest BCUT2D eigenvalue weighted by atomic mass is 16.3. The molecule has 2 aromatic rings. The third kappa shape index (κ3) is 3.51. The summed E-state index contributed by atoms with van der Waals surface area (Å²) in [4.78, 5) is 12.2. The number of rotatable bonds is 4. The van der Waals surface area contributed by atoms with E-state index in [9.17, 15) is 9.90 Å². The van der Waals surface area contributed by atoms with Crippen LogP contribution in [0.3, 0.4) is 0 Å². The highest BCUT2D eigenvalue weighted by Gasteiger charge is 2.25. The smallest absolute Gasteiger partial charge is 0.273 e. The lowest BCUT2D eigenvalue weighted by molar-refractivity contribution is 0.0713. The maximum atomic E-state index is 12.2. The molecule has 22 heavy (non-hydrogen) atoms. The van der Waals surface area contributed by atoms with Gasteiger partial charge in [-0.05, 0) is 18.4 Å². The van der Waals surface area contributed by atoms with Gasteiger partial charge in [0.25, 0.3) is 5.91 Å². The van der Waals surface area contributed by atoms with Crippen LogP contribution < -0.4 is 5.32 Å². The van der Waals surface area contributed by atoms with Gasteiger partial charge in [0, 0.05) is 0 Å². The fourth-order valence-corrected chi connectivity index (χ4v) is 2.77. The molecule has 1 aliphatic rings. The molecule has 0 radical (unpaired) electrons. The summed E-state index contributed by atoms with van der Waals surface area (Å²) in [6, 6.07) is 9.70. The molecule has 1 fully saturated rings. The second-order valence-corrected chi connectivity index (χ2v) is 5.72. The van der Waals surface area contributed by atoms with Crippen LogP contribution in [-0.2, 0) is 6.54 Å². The number of carbonyl (C=O) groups excluding carboxylic acids is 1. The van der Waals surface area contributed by atoms with Gasteiger partial charge in [-0.25, -0.2) is 4.68 Å². The lowest BCUT2D eigenvalue weighted by atomic mass is 9.92. The van der Waals surface area contributed by atoms with E-state index >= 15 is 0 Å². The van der Waals surface area contributed by atoms with Crippen molar-refractivity contribution in [3.63, 3.8) is 0 Å². The van der Waals surface area contributed by atoms with Crippen molar-refractivity contribution in [2.75, 3.05) is 0 Å². The molecular weight excluding hydrogens is 280 g/mol.